The van der Waals surface area contributed by atoms with E-state index < -0.39 is 11.9 Å². The van der Waals surface area contributed by atoms with E-state index in [1.165, 1.54) is 5.57 Å². The van der Waals surface area contributed by atoms with Gasteiger partial charge in [-0.15, -0.1) is 0 Å². The van der Waals surface area contributed by atoms with Gasteiger partial charge in [-0.1, -0.05) is 81.9 Å². The lowest BCUT2D eigenvalue weighted by atomic mass is 9.97. The van der Waals surface area contributed by atoms with Crippen LogP contribution in [0.15, 0.2) is 88.4 Å². The molecule has 0 spiro atoms. The number of aldehydes is 1. The van der Waals surface area contributed by atoms with Crippen LogP contribution in [-0.2, 0) is 19.1 Å². The summed E-state index contributed by atoms with van der Waals surface area (Å²) in [6.45, 7) is 15.6. The Morgan fingerprint density at radius 3 is 2.50 bits per heavy atom. The van der Waals surface area contributed by atoms with Gasteiger partial charge in [-0.05, 0) is 70.4 Å². The second kappa shape index (κ2) is 24.7. The summed E-state index contributed by atoms with van der Waals surface area (Å²) >= 11 is 0. The molecule has 0 aromatic heterocycles. The average Bonchev–Trinajstić information content (AvgIpc) is 3.09. The number of carbonyl (C=O) groups excluding carboxylic acids is 1. The monoisotopic (exact) mass is 637 g/mol. The number of carboxylic acids is 1. The van der Waals surface area contributed by atoms with Crippen molar-refractivity contribution in [3.05, 3.63) is 83.4 Å². The summed E-state index contributed by atoms with van der Waals surface area (Å²) in [5, 5.41) is 12.2. The lowest BCUT2D eigenvalue weighted by Crippen LogP contribution is -2.35. The largest absolute Gasteiger partial charge is 0.494 e. The summed E-state index contributed by atoms with van der Waals surface area (Å²) in [6.07, 6.45) is 28.0. The number of carboxylic acid groups (broad SMARTS) is 1. The van der Waals surface area contributed by atoms with Crippen LogP contribution >= 0.6 is 0 Å². The number of nitrogens with zero attached hydrogens (tertiary/aromatic N) is 2. The lowest BCUT2D eigenvalue weighted by Gasteiger charge is -2.30. The maximum Gasteiger partial charge on any atom is 0.310 e. The van der Waals surface area contributed by atoms with Crippen LogP contribution in [0, 0.1) is 11.8 Å². The highest BCUT2D eigenvalue weighted by molar-refractivity contribution is 5.77. The topological polar surface area (TPSA) is 100 Å². The van der Waals surface area contributed by atoms with E-state index in [1.807, 2.05) is 58.3 Å². The summed E-state index contributed by atoms with van der Waals surface area (Å²) in [6, 6.07) is 0. The highest BCUT2D eigenvalue weighted by Crippen LogP contribution is 2.22. The first-order valence-electron chi connectivity index (χ1n) is 17.0. The second-order valence-corrected chi connectivity index (χ2v) is 11.2. The molecule has 3 atom stereocenters. The molecule has 0 aromatic carbocycles. The summed E-state index contributed by atoms with van der Waals surface area (Å²) in [7, 11) is 1.91. The van der Waals surface area contributed by atoms with Gasteiger partial charge in [-0.2, -0.15) is 0 Å². The van der Waals surface area contributed by atoms with E-state index in [0.717, 1.165) is 63.8 Å². The quantitative estimate of drug-likeness (QED) is 0.0826. The number of piperidine rings is 1. The number of aliphatic imine (C=N–C) groups is 1. The highest BCUT2D eigenvalue weighted by atomic mass is 16.5. The van der Waals surface area contributed by atoms with Crippen molar-refractivity contribution in [2.45, 2.75) is 92.3 Å². The average molecular weight is 638 g/mol. The van der Waals surface area contributed by atoms with Gasteiger partial charge in [0.25, 0.3) is 0 Å². The second-order valence-electron chi connectivity index (χ2n) is 11.2. The SMILES string of the molecule is C/C=C(C=O)\C=C/C(CC)OC1C=CC(C)=CC1.CC.CC/C=C(\C=N/CN1CCC(COC2=CC(C(=O)O)CC=C2)CC1)NC. The third-order valence-electron chi connectivity index (χ3n) is 7.74. The standard InChI is InChI=1S/C20H31N3O3.C16H22O2.C2H6/c1-3-5-18(21-2)13-22-15-23-10-8-16(9-11-23)14-26-19-7-4-6-17(12-19)20(24)25;1-4-14(12-17)8-11-15(5-2)18-16-9-6-13(3)7-10-16;1-2/h4-5,7,12-13,16-17,21H,3,6,8-11,14-15H2,1-2H3,(H,24,25);4,6-9,11-12,15-16H,5,10H2,1-3H3;1-2H3/b18-5+,22-13-;11-8-,14-4+;. The Bertz CT molecular complexity index is 1140. The van der Waals surface area contributed by atoms with Crippen molar-refractivity contribution in [1.82, 2.24) is 10.2 Å². The highest BCUT2D eigenvalue weighted by Gasteiger charge is 2.21. The molecule has 2 N–H and O–H groups in total. The normalized spacial score (nSPS) is 21.5. The van der Waals surface area contributed by atoms with E-state index in [-0.39, 0.29) is 12.2 Å². The molecule has 0 aromatic rings. The minimum atomic E-state index is -0.792. The fraction of sp³-hybridized carbons (Fsp3) is 0.553. The van der Waals surface area contributed by atoms with Crippen molar-refractivity contribution < 1.29 is 24.2 Å². The molecule has 1 heterocycles. The van der Waals surface area contributed by atoms with Crippen LogP contribution in [0.5, 0.6) is 0 Å². The van der Waals surface area contributed by atoms with Crippen molar-refractivity contribution in [2.75, 3.05) is 33.4 Å². The smallest absolute Gasteiger partial charge is 0.310 e. The van der Waals surface area contributed by atoms with Crippen LogP contribution in [0.3, 0.4) is 0 Å². The maximum atomic E-state index is 11.1. The van der Waals surface area contributed by atoms with Gasteiger partial charge in [-0.3, -0.25) is 19.5 Å². The summed E-state index contributed by atoms with van der Waals surface area (Å²) in [5.41, 5.74) is 3.03. The van der Waals surface area contributed by atoms with Crippen molar-refractivity contribution in [2.24, 2.45) is 16.8 Å². The number of nitrogens with one attached hydrogen (secondary N) is 1. The number of aliphatic carboxylic acids is 1. The fourth-order valence-corrected chi connectivity index (χ4v) is 4.86. The number of ether oxygens (including phenoxy) is 2. The fourth-order valence-electron chi connectivity index (χ4n) is 4.86. The van der Waals surface area contributed by atoms with Crippen molar-refractivity contribution in [1.29, 1.82) is 0 Å². The Kier molecular flexibility index (Phi) is 21.8. The molecule has 256 valence electrons. The van der Waals surface area contributed by atoms with Crippen molar-refractivity contribution in [3.8, 4) is 0 Å². The molecule has 1 fully saturated rings. The zero-order valence-electron chi connectivity index (χ0n) is 29.3. The first-order valence-corrected chi connectivity index (χ1v) is 17.0. The van der Waals surface area contributed by atoms with Crippen LogP contribution in [-0.4, -0.2) is 74.1 Å². The maximum absolute atomic E-state index is 11.1. The Morgan fingerprint density at radius 1 is 1.20 bits per heavy atom. The van der Waals surface area contributed by atoms with Crippen LogP contribution in [0.4, 0.5) is 0 Å². The molecular formula is C38H59N3O5. The van der Waals surface area contributed by atoms with E-state index in [1.54, 1.807) is 12.2 Å². The summed E-state index contributed by atoms with van der Waals surface area (Å²) in [5.74, 6) is -0.0425. The van der Waals surface area contributed by atoms with E-state index in [4.69, 9.17) is 14.6 Å². The third kappa shape index (κ3) is 16.7. The summed E-state index contributed by atoms with van der Waals surface area (Å²) in [4.78, 5) is 28.6. The van der Waals surface area contributed by atoms with Gasteiger partial charge in [0.2, 0.25) is 0 Å². The van der Waals surface area contributed by atoms with Crippen LogP contribution in [0.25, 0.3) is 0 Å². The first-order chi connectivity index (χ1) is 22.3. The molecule has 0 amide bonds. The molecule has 0 radical (unpaired) electrons. The Hall–Kier alpha value is -3.49. The number of carbonyl (C=O) groups is 2. The van der Waals surface area contributed by atoms with Gasteiger partial charge in [-0.25, -0.2) is 0 Å². The van der Waals surface area contributed by atoms with E-state index in [9.17, 15) is 9.59 Å². The number of hydrogen-bond donors (Lipinski definition) is 2. The minimum absolute atomic E-state index is 0.0568. The van der Waals surface area contributed by atoms with Crippen LogP contribution < -0.4 is 5.32 Å². The number of hydrogen-bond acceptors (Lipinski definition) is 7. The first kappa shape index (κ1) is 40.5. The van der Waals surface area contributed by atoms with Crippen LogP contribution in [0.2, 0.25) is 0 Å². The lowest BCUT2D eigenvalue weighted by molar-refractivity contribution is -0.140. The zero-order chi connectivity index (χ0) is 34.2. The molecule has 1 aliphatic heterocycles. The van der Waals surface area contributed by atoms with Gasteiger partial charge < -0.3 is 19.9 Å². The molecule has 0 saturated carbocycles. The predicted octanol–water partition coefficient (Wildman–Crippen LogP) is 7.59. The van der Waals surface area contributed by atoms with Crippen molar-refractivity contribution >= 4 is 18.5 Å². The molecule has 8 heteroatoms. The molecule has 2 aliphatic carbocycles. The van der Waals surface area contributed by atoms with Gasteiger partial charge >= 0.3 is 5.97 Å². The number of rotatable bonds is 15. The molecule has 0 bridgehead atoms. The van der Waals surface area contributed by atoms with Crippen LogP contribution in [0.1, 0.15) is 80.1 Å². The molecule has 3 aliphatic rings. The number of allylic oxidation sites excluding steroid dienone is 9. The molecular weight excluding hydrogens is 578 g/mol. The summed E-state index contributed by atoms with van der Waals surface area (Å²) < 4.78 is 11.8. The number of likely N-dealkylation sites (tertiary alicyclic amines) is 1. The predicted molar refractivity (Wildman–Crippen MR) is 191 cm³/mol. The molecule has 8 nitrogen and oxygen atoms in total. The molecule has 46 heavy (non-hydrogen) atoms. The van der Waals surface area contributed by atoms with E-state index in [0.29, 0.717) is 30.3 Å². The van der Waals surface area contributed by atoms with Gasteiger partial charge in [0, 0.05) is 37.6 Å². The van der Waals surface area contributed by atoms with E-state index in [2.05, 4.69) is 60.3 Å². The molecule has 3 unspecified atom stereocenters. The molecule has 3 rings (SSSR count). The van der Waals surface area contributed by atoms with Crippen molar-refractivity contribution in [3.63, 3.8) is 0 Å². The minimum Gasteiger partial charge on any atom is -0.494 e. The Labute approximate surface area is 278 Å². The molecule has 1 saturated heterocycles. The van der Waals surface area contributed by atoms with E-state index >= 15 is 0 Å². The Morgan fingerprint density at radius 2 is 1.93 bits per heavy atom. The van der Waals surface area contributed by atoms with Gasteiger partial charge in [0.1, 0.15) is 12.0 Å². The van der Waals surface area contributed by atoms with Gasteiger partial charge in [0.15, 0.2) is 0 Å². The third-order valence-corrected chi connectivity index (χ3v) is 7.74. The Balaban J connectivity index is 0.000000464. The van der Waals surface area contributed by atoms with Gasteiger partial charge in [0.05, 0.1) is 31.4 Å². The zero-order valence-corrected chi connectivity index (χ0v) is 29.3.